The third-order valence-electron chi connectivity index (χ3n) is 4.12. The van der Waals surface area contributed by atoms with Crippen molar-refractivity contribution in [2.24, 2.45) is 0 Å². The Morgan fingerprint density at radius 2 is 1.22 bits per heavy atom. The van der Waals surface area contributed by atoms with Gasteiger partial charge in [-0.05, 0) is 18.6 Å². The molecule has 0 aliphatic rings. The van der Waals surface area contributed by atoms with Gasteiger partial charge in [-0.1, -0.05) is 76.8 Å². The molecule has 6 nitrogen and oxygen atoms in total. The molecule has 0 aliphatic heterocycles. The molecular weight excluding hydrogens is 462 g/mol. The van der Waals surface area contributed by atoms with Gasteiger partial charge in [0.25, 0.3) is 10.1 Å². The fraction of sp³-hybridized carbons (Fsp3) is 0.667. The molecule has 150 valence electrons. The van der Waals surface area contributed by atoms with E-state index in [4.69, 9.17) is 4.18 Å². The van der Waals surface area contributed by atoms with E-state index >= 15 is 0 Å². The first-order valence-corrected chi connectivity index (χ1v) is 12.0. The zero-order chi connectivity index (χ0) is 19.5. The van der Waals surface area contributed by atoms with Crippen LogP contribution in [0.15, 0.2) is 34.1 Å². The van der Waals surface area contributed by atoms with E-state index in [1.54, 1.807) is 0 Å². The molecule has 0 fully saturated rings. The Labute approximate surface area is 213 Å². The molecule has 1 aromatic rings. The molecule has 0 heterocycles. The first-order valence-electron chi connectivity index (χ1n) is 9.23. The number of hydrogen-bond acceptors (Lipinski definition) is 6. The summed E-state index contributed by atoms with van der Waals surface area (Å²) in [5.74, 6) is 0. The topological polar surface area (TPSA) is 101 Å². The summed E-state index contributed by atoms with van der Waals surface area (Å²) >= 11 is 0. The first-order chi connectivity index (χ1) is 12.3. The van der Waals surface area contributed by atoms with Gasteiger partial charge in [-0.2, -0.15) is 8.42 Å². The molecule has 0 aromatic heterocycles. The van der Waals surface area contributed by atoms with Gasteiger partial charge in [0, 0.05) is 0 Å². The van der Waals surface area contributed by atoms with E-state index in [2.05, 4.69) is 6.92 Å². The van der Waals surface area contributed by atoms with Crippen molar-refractivity contribution < 1.29 is 83.8 Å². The minimum absolute atomic E-state index is 0. The maximum Gasteiger partial charge on any atom is 1.00 e. The van der Waals surface area contributed by atoms with E-state index in [9.17, 15) is 21.4 Å². The van der Waals surface area contributed by atoms with E-state index in [-0.39, 0.29) is 64.8 Å². The number of benzene rings is 1. The molecular formula is C18H29O6RbS2. The molecule has 0 saturated heterocycles. The van der Waals surface area contributed by atoms with Crippen LogP contribution in [0.2, 0.25) is 0 Å². The first kappa shape index (κ1) is 27.8. The Hall–Kier alpha value is 0.845. The van der Waals surface area contributed by atoms with Crippen molar-refractivity contribution in [3.8, 4) is 0 Å². The van der Waals surface area contributed by atoms with Crippen LogP contribution < -0.4 is 58.2 Å². The van der Waals surface area contributed by atoms with Crippen molar-refractivity contribution >= 4 is 20.2 Å². The summed E-state index contributed by atoms with van der Waals surface area (Å²) in [5, 5.41) is 0. The van der Waals surface area contributed by atoms with Crippen LogP contribution in [0.1, 0.15) is 71.1 Å². The van der Waals surface area contributed by atoms with Gasteiger partial charge in [0.1, 0.15) is 15.0 Å². The molecule has 1 aromatic carbocycles. The van der Waals surface area contributed by atoms with Crippen LogP contribution in [0.25, 0.3) is 0 Å². The second kappa shape index (κ2) is 14.8. The summed E-state index contributed by atoms with van der Waals surface area (Å²) in [4.78, 5) is -1.37. The molecule has 9 heteroatoms. The summed E-state index contributed by atoms with van der Waals surface area (Å²) < 4.78 is 62.7. The van der Waals surface area contributed by atoms with Gasteiger partial charge in [-0.25, -0.2) is 8.42 Å². The van der Waals surface area contributed by atoms with Gasteiger partial charge in [-0.15, -0.1) is 0 Å². The Bertz CT molecular complexity index is 732. The van der Waals surface area contributed by atoms with Gasteiger partial charge in [0.15, 0.2) is 0 Å². The normalized spacial score (nSPS) is 11.9. The van der Waals surface area contributed by atoms with E-state index in [0.29, 0.717) is 6.42 Å². The van der Waals surface area contributed by atoms with Crippen LogP contribution in [-0.4, -0.2) is 28.0 Å². The SMILES string of the molecule is CCCCCCCCCCCCOS(=O)(=O)c1ccccc1S(=O)(=O)[O-].[Rb+]. The van der Waals surface area contributed by atoms with E-state index in [1.807, 2.05) is 0 Å². The van der Waals surface area contributed by atoms with Crippen molar-refractivity contribution in [1.29, 1.82) is 0 Å². The van der Waals surface area contributed by atoms with Crippen LogP contribution in [0.3, 0.4) is 0 Å². The predicted octanol–water partition coefficient (Wildman–Crippen LogP) is 1.22. The molecule has 0 atom stereocenters. The van der Waals surface area contributed by atoms with Crippen LogP contribution in [0.4, 0.5) is 0 Å². The van der Waals surface area contributed by atoms with Crippen LogP contribution in [0, 0.1) is 0 Å². The van der Waals surface area contributed by atoms with Crippen molar-refractivity contribution in [1.82, 2.24) is 0 Å². The standard InChI is InChI=1S/C18H30O6S2.Rb/c1-2-3-4-5-6-7-8-9-10-13-16-24-26(22,23)18-15-12-11-14-17(18)25(19,20)21;/h11-12,14-15H,2-10,13,16H2,1H3,(H,19,20,21);/q;+1/p-1. The maximum atomic E-state index is 12.1. The molecule has 1 rings (SSSR count). The van der Waals surface area contributed by atoms with E-state index in [0.717, 1.165) is 31.4 Å². The molecule has 0 spiro atoms. The summed E-state index contributed by atoms with van der Waals surface area (Å²) in [7, 11) is -9.14. The van der Waals surface area contributed by atoms with Crippen LogP contribution in [0.5, 0.6) is 0 Å². The third-order valence-corrected chi connectivity index (χ3v) is 6.52. The zero-order valence-corrected chi connectivity index (χ0v) is 22.9. The molecule has 0 amide bonds. The summed E-state index contributed by atoms with van der Waals surface area (Å²) in [5.41, 5.74) is 0. The van der Waals surface area contributed by atoms with Crippen molar-refractivity contribution in [3.05, 3.63) is 24.3 Å². The molecule has 0 unspecified atom stereocenters. The Balaban J connectivity index is 0.00000676. The predicted molar refractivity (Wildman–Crippen MR) is 99.4 cm³/mol. The summed E-state index contributed by atoms with van der Waals surface area (Å²) in [6.07, 6.45) is 11.1. The average molecular weight is 491 g/mol. The van der Waals surface area contributed by atoms with E-state index in [1.165, 1.54) is 50.7 Å². The summed E-state index contributed by atoms with van der Waals surface area (Å²) in [6.45, 7) is 2.17. The van der Waals surface area contributed by atoms with Crippen molar-refractivity contribution in [2.45, 2.75) is 80.9 Å². The largest absolute Gasteiger partial charge is 1.00 e. The minimum atomic E-state index is -4.88. The fourth-order valence-corrected chi connectivity index (χ4v) is 4.88. The Morgan fingerprint density at radius 3 is 1.70 bits per heavy atom. The van der Waals surface area contributed by atoms with Gasteiger partial charge >= 0.3 is 58.2 Å². The van der Waals surface area contributed by atoms with Crippen LogP contribution >= 0.6 is 0 Å². The molecule has 0 N–H and O–H groups in total. The van der Waals surface area contributed by atoms with Crippen LogP contribution in [-0.2, 0) is 24.4 Å². The average Bonchev–Trinajstić information content (AvgIpc) is 2.59. The monoisotopic (exact) mass is 490 g/mol. The maximum absolute atomic E-state index is 12.1. The second-order valence-electron chi connectivity index (χ2n) is 6.36. The molecule has 0 bridgehead atoms. The third kappa shape index (κ3) is 11.6. The zero-order valence-electron chi connectivity index (χ0n) is 16.4. The van der Waals surface area contributed by atoms with Crippen molar-refractivity contribution in [2.75, 3.05) is 6.61 Å². The van der Waals surface area contributed by atoms with E-state index < -0.39 is 30.0 Å². The molecule has 0 radical (unpaired) electrons. The number of hydrogen-bond donors (Lipinski definition) is 0. The van der Waals surface area contributed by atoms with Gasteiger partial charge in [0.2, 0.25) is 0 Å². The molecule has 0 saturated carbocycles. The molecule has 0 aliphatic carbocycles. The minimum Gasteiger partial charge on any atom is -0.744 e. The number of rotatable bonds is 14. The van der Waals surface area contributed by atoms with Gasteiger partial charge in [-0.3, -0.25) is 4.18 Å². The fourth-order valence-electron chi connectivity index (χ4n) is 2.68. The Kier molecular flexibility index (Phi) is 15.2. The summed E-state index contributed by atoms with van der Waals surface area (Å²) in [6, 6.07) is 4.69. The Morgan fingerprint density at radius 1 is 0.778 bits per heavy atom. The second-order valence-corrected chi connectivity index (χ2v) is 9.29. The molecule has 27 heavy (non-hydrogen) atoms. The number of unbranched alkanes of at least 4 members (excludes halogenated alkanes) is 9. The van der Waals surface area contributed by atoms with Gasteiger partial charge in [0.05, 0.1) is 11.5 Å². The quantitative estimate of drug-likeness (QED) is 0.221. The van der Waals surface area contributed by atoms with Crippen molar-refractivity contribution in [3.63, 3.8) is 0 Å². The van der Waals surface area contributed by atoms with Gasteiger partial charge < -0.3 is 4.55 Å². The smallest absolute Gasteiger partial charge is 0.744 e.